The molecule has 0 spiro atoms. The lowest BCUT2D eigenvalue weighted by Crippen LogP contribution is -2.40. The summed E-state index contributed by atoms with van der Waals surface area (Å²) in [5.41, 5.74) is 0.779. The van der Waals surface area contributed by atoms with E-state index < -0.39 is 36.2 Å². The van der Waals surface area contributed by atoms with Crippen molar-refractivity contribution in [3.8, 4) is 11.5 Å². The largest absolute Gasteiger partial charge is 0.497 e. The van der Waals surface area contributed by atoms with Crippen molar-refractivity contribution in [2.24, 2.45) is 35.5 Å². The van der Waals surface area contributed by atoms with Gasteiger partial charge in [0.05, 0.1) is 35.8 Å². The Balaban J connectivity index is 1.01. The van der Waals surface area contributed by atoms with Gasteiger partial charge in [0, 0.05) is 5.56 Å². The average molecular weight is 578 g/mol. The van der Waals surface area contributed by atoms with Crippen molar-refractivity contribution < 1.29 is 38.2 Å². The minimum atomic E-state index is -0.813. The molecule has 43 heavy (non-hydrogen) atoms. The first-order valence-electron chi connectivity index (χ1n) is 14.2. The quantitative estimate of drug-likeness (QED) is 0.126. The molecule has 3 fully saturated rings. The van der Waals surface area contributed by atoms with E-state index in [1.165, 1.54) is 37.4 Å². The number of hydrogen-bond donors (Lipinski definition) is 0. The number of Topliss-reactive ketones (excluding diaryl/α,β-unsaturated/α-hetero) is 1. The zero-order chi connectivity index (χ0) is 29.8. The standard InChI is InChI=1S/C34H27NO8/c1-41-21-6-4-5-19(15-21)33(39)43-20-11-9-18(10-12-20)28(36)17-42-34(40)24-7-2-3-8-27(24)35-31(37)29-22-13-14-23(26-16-25(22)26)30(29)32(35)38/h2-15,22-23,25-26,29-30H,16-17H2,1H3. The number of esters is 2. The molecule has 2 bridgehead atoms. The number of imide groups is 1. The second kappa shape index (κ2) is 10.3. The van der Waals surface area contributed by atoms with Crippen LogP contribution in [0.1, 0.15) is 37.5 Å². The summed E-state index contributed by atoms with van der Waals surface area (Å²) >= 11 is 0. The number of anilines is 1. The lowest BCUT2D eigenvalue weighted by atomic mass is 9.63. The molecule has 1 aliphatic heterocycles. The fraction of sp³-hybridized carbons (Fsp3) is 0.265. The van der Waals surface area contributed by atoms with Gasteiger partial charge in [-0.25, -0.2) is 14.5 Å². The van der Waals surface area contributed by atoms with Crippen LogP contribution in [0.5, 0.6) is 11.5 Å². The summed E-state index contributed by atoms with van der Waals surface area (Å²) in [6, 6.07) is 18.7. The summed E-state index contributed by atoms with van der Waals surface area (Å²) in [6.45, 7) is -0.555. The number of amides is 2. The number of nitrogens with zero attached hydrogens (tertiary/aromatic N) is 1. The van der Waals surface area contributed by atoms with Crippen LogP contribution in [0.3, 0.4) is 0 Å². The molecule has 6 atom stereocenters. The molecule has 216 valence electrons. The number of methoxy groups -OCH3 is 1. The van der Waals surface area contributed by atoms with Crippen molar-refractivity contribution in [1.29, 1.82) is 0 Å². The molecule has 4 aliphatic carbocycles. The molecule has 3 aromatic carbocycles. The van der Waals surface area contributed by atoms with Crippen LogP contribution >= 0.6 is 0 Å². The number of benzene rings is 3. The number of rotatable bonds is 8. The number of hydrogen-bond acceptors (Lipinski definition) is 8. The Kier molecular flexibility index (Phi) is 6.45. The Hall–Kier alpha value is -5.05. The number of allylic oxidation sites excluding steroid dienone is 2. The van der Waals surface area contributed by atoms with Gasteiger partial charge in [0.2, 0.25) is 11.8 Å². The maximum Gasteiger partial charge on any atom is 0.343 e. The Bertz CT molecular complexity index is 1670. The van der Waals surface area contributed by atoms with E-state index in [-0.39, 0.29) is 46.2 Å². The van der Waals surface area contributed by atoms with Crippen molar-refractivity contribution in [1.82, 2.24) is 0 Å². The highest BCUT2D eigenvalue weighted by Gasteiger charge is 2.67. The molecule has 2 saturated carbocycles. The minimum Gasteiger partial charge on any atom is -0.497 e. The van der Waals surface area contributed by atoms with Gasteiger partial charge in [-0.1, -0.05) is 30.4 Å². The lowest BCUT2D eigenvalue weighted by Gasteiger charge is -2.37. The van der Waals surface area contributed by atoms with Crippen molar-refractivity contribution >= 4 is 35.2 Å². The lowest BCUT2D eigenvalue weighted by molar-refractivity contribution is -0.124. The molecule has 2 amide bonds. The third kappa shape index (κ3) is 4.52. The number of carbonyl (C=O) groups is 5. The van der Waals surface area contributed by atoms with E-state index >= 15 is 0 Å². The maximum absolute atomic E-state index is 13.6. The molecule has 0 radical (unpaired) electrons. The van der Waals surface area contributed by atoms with Crippen LogP contribution in [0, 0.1) is 35.5 Å². The number of para-hydroxylation sites is 1. The van der Waals surface area contributed by atoms with Gasteiger partial charge in [0.1, 0.15) is 11.5 Å². The average Bonchev–Trinajstić information content (AvgIpc) is 3.82. The van der Waals surface area contributed by atoms with E-state index in [4.69, 9.17) is 14.2 Å². The van der Waals surface area contributed by atoms with Crippen LogP contribution < -0.4 is 14.4 Å². The van der Waals surface area contributed by atoms with Crippen molar-refractivity contribution in [3.63, 3.8) is 0 Å². The minimum absolute atomic E-state index is 0.0425. The molecule has 6 unspecified atom stereocenters. The predicted octanol–water partition coefficient (Wildman–Crippen LogP) is 4.51. The van der Waals surface area contributed by atoms with E-state index in [0.717, 1.165) is 11.3 Å². The highest BCUT2D eigenvalue weighted by molar-refractivity contribution is 6.24. The van der Waals surface area contributed by atoms with Gasteiger partial charge in [-0.2, -0.15) is 0 Å². The fourth-order valence-corrected chi connectivity index (χ4v) is 6.95. The van der Waals surface area contributed by atoms with Crippen LogP contribution in [0.15, 0.2) is 84.9 Å². The van der Waals surface area contributed by atoms with E-state index in [1.54, 1.807) is 42.5 Å². The van der Waals surface area contributed by atoms with Crippen LogP contribution in [-0.4, -0.2) is 43.3 Å². The van der Waals surface area contributed by atoms with E-state index in [1.807, 2.05) is 0 Å². The Labute approximate surface area is 247 Å². The SMILES string of the molecule is COc1cccc(C(=O)Oc2ccc(C(=O)COC(=O)c3ccccc3N3C(=O)C4C5C=CC(C6CC56)C4C3=O)cc2)c1. The molecule has 9 heteroatoms. The molecule has 9 nitrogen and oxygen atoms in total. The molecule has 1 heterocycles. The Morgan fingerprint density at radius 3 is 2.12 bits per heavy atom. The number of ether oxygens (including phenoxy) is 3. The summed E-state index contributed by atoms with van der Waals surface area (Å²) < 4.78 is 15.8. The number of ketones is 1. The van der Waals surface area contributed by atoms with E-state index in [2.05, 4.69) is 12.2 Å². The monoisotopic (exact) mass is 577 g/mol. The molecule has 0 aromatic heterocycles. The zero-order valence-electron chi connectivity index (χ0n) is 23.2. The van der Waals surface area contributed by atoms with Crippen LogP contribution in [0.25, 0.3) is 0 Å². The third-order valence-corrected chi connectivity index (χ3v) is 9.05. The predicted molar refractivity (Wildman–Crippen MR) is 153 cm³/mol. The molecular weight excluding hydrogens is 550 g/mol. The zero-order valence-corrected chi connectivity index (χ0v) is 23.2. The van der Waals surface area contributed by atoms with E-state index in [0.29, 0.717) is 23.1 Å². The smallest absolute Gasteiger partial charge is 0.343 e. The molecule has 3 aromatic rings. The van der Waals surface area contributed by atoms with Gasteiger partial charge in [-0.15, -0.1) is 0 Å². The van der Waals surface area contributed by atoms with Crippen LogP contribution in [0.2, 0.25) is 0 Å². The maximum atomic E-state index is 13.6. The summed E-state index contributed by atoms with van der Waals surface area (Å²) in [5.74, 6) is -1.39. The number of carbonyl (C=O) groups excluding carboxylic acids is 5. The van der Waals surface area contributed by atoms with Gasteiger partial charge in [-0.3, -0.25) is 14.4 Å². The van der Waals surface area contributed by atoms with Crippen molar-refractivity contribution in [3.05, 3.63) is 102 Å². The normalized spacial score (nSPS) is 26.0. The Morgan fingerprint density at radius 1 is 0.767 bits per heavy atom. The molecule has 8 rings (SSSR count). The first kappa shape index (κ1) is 26.8. The van der Waals surface area contributed by atoms with Gasteiger partial charge < -0.3 is 14.2 Å². The highest BCUT2D eigenvalue weighted by Crippen LogP contribution is 2.65. The molecule has 0 N–H and O–H groups in total. The first-order valence-corrected chi connectivity index (χ1v) is 14.2. The van der Waals surface area contributed by atoms with Gasteiger partial charge >= 0.3 is 11.9 Å². The summed E-state index contributed by atoms with van der Waals surface area (Å²) in [4.78, 5) is 66.7. The van der Waals surface area contributed by atoms with Gasteiger partial charge in [0.15, 0.2) is 12.4 Å². The summed E-state index contributed by atoms with van der Waals surface area (Å²) in [5, 5.41) is 0. The summed E-state index contributed by atoms with van der Waals surface area (Å²) in [7, 11) is 1.50. The fourth-order valence-electron chi connectivity index (χ4n) is 6.95. The first-order chi connectivity index (χ1) is 20.9. The third-order valence-electron chi connectivity index (χ3n) is 9.05. The molecular formula is C34H27NO8. The molecule has 5 aliphatic rings. The van der Waals surface area contributed by atoms with Gasteiger partial charge in [0.25, 0.3) is 0 Å². The van der Waals surface area contributed by atoms with Crippen LogP contribution in [0.4, 0.5) is 5.69 Å². The second-order valence-corrected chi connectivity index (χ2v) is 11.3. The van der Waals surface area contributed by atoms with Crippen molar-refractivity contribution in [2.45, 2.75) is 6.42 Å². The highest BCUT2D eigenvalue weighted by atomic mass is 16.5. The Morgan fingerprint density at radius 2 is 1.44 bits per heavy atom. The summed E-state index contributed by atoms with van der Waals surface area (Å²) in [6.07, 6.45) is 5.25. The second-order valence-electron chi connectivity index (χ2n) is 11.3. The van der Waals surface area contributed by atoms with Crippen molar-refractivity contribution in [2.75, 3.05) is 18.6 Å². The molecule has 1 saturated heterocycles. The topological polar surface area (TPSA) is 116 Å². The van der Waals surface area contributed by atoms with Gasteiger partial charge in [-0.05, 0) is 84.7 Å². The van der Waals surface area contributed by atoms with Crippen LogP contribution in [-0.2, 0) is 14.3 Å². The van der Waals surface area contributed by atoms with E-state index in [9.17, 15) is 24.0 Å².